The number of carbonyl (C=O) groups is 1. The fourth-order valence-electron chi connectivity index (χ4n) is 2.80. The summed E-state index contributed by atoms with van der Waals surface area (Å²) in [5, 5.41) is 8.74. The fraction of sp³-hybridized carbons (Fsp3) is 0.381. The van der Waals surface area contributed by atoms with Crippen LogP contribution in [0.3, 0.4) is 0 Å². The maximum atomic E-state index is 10.7. The number of ether oxygens (including phenoxy) is 2. The number of aryl methyl sites for hydroxylation is 1. The van der Waals surface area contributed by atoms with Crippen molar-refractivity contribution in [2.75, 3.05) is 6.61 Å². The summed E-state index contributed by atoms with van der Waals surface area (Å²) < 4.78 is 12.7. The number of carboxylic acids is 1. The van der Waals surface area contributed by atoms with Crippen LogP contribution in [0.1, 0.15) is 49.0 Å². The lowest BCUT2D eigenvalue weighted by Crippen LogP contribution is -2.11. The molecule has 0 aromatic heterocycles. The summed E-state index contributed by atoms with van der Waals surface area (Å²) in [4.78, 5) is 10.7. The molecule has 5 heteroatoms. The van der Waals surface area contributed by atoms with Crippen molar-refractivity contribution in [1.82, 2.24) is 0 Å². The highest BCUT2D eigenvalue weighted by atomic mass is 79.9. The van der Waals surface area contributed by atoms with Gasteiger partial charge in [0.1, 0.15) is 17.6 Å². The second-order valence-electron chi connectivity index (χ2n) is 6.31. The molecule has 1 N–H and O–H groups in total. The Labute approximate surface area is 163 Å². The van der Waals surface area contributed by atoms with Crippen LogP contribution >= 0.6 is 15.9 Å². The molecule has 0 aliphatic rings. The van der Waals surface area contributed by atoms with Crippen LogP contribution in [-0.2, 0) is 4.79 Å². The molecular formula is C21H25BrO4. The summed E-state index contributed by atoms with van der Waals surface area (Å²) in [6.07, 6.45) is 3.09. The molecule has 0 saturated carbocycles. The molecular weight excluding hydrogens is 396 g/mol. The van der Waals surface area contributed by atoms with Gasteiger partial charge < -0.3 is 14.6 Å². The first kappa shape index (κ1) is 20.3. The second-order valence-corrected chi connectivity index (χ2v) is 7.17. The number of hydrogen-bond donors (Lipinski definition) is 1. The van der Waals surface area contributed by atoms with E-state index in [1.54, 1.807) is 6.07 Å². The van der Waals surface area contributed by atoms with Crippen LogP contribution in [0.15, 0.2) is 40.9 Å². The van der Waals surface area contributed by atoms with E-state index >= 15 is 0 Å². The molecule has 0 radical (unpaired) electrons. The Hall–Kier alpha value is -2.01. The standard InChI is InChI=1S/C21H25BrO4/c1-4-5-9-20(17-7-6-8-18(22)15(17)3)26-16-10-11-19(14(2)12-16)25-13-21(23)24/h6-8,10-12,20H,4-5,9,13H2,1-3H3,(H,23,24). The summed E-state index contributed by atoms with van der Waals surface area (Å²) in [7, 11) is 0. The van der Waals surface area contributed by atoms with Gasteiger partial charge in [-0.2, -0.15) is 0 Å². The highest BCUT2D eigenvalue weighted by Gasteiger charge is 2.17. The minimum Gasteiger partial charge on any atom is -0.486 e. The average Bonchev–Trinajstić information content (AvgIpc) is 2.60. The smallest absolute Gasteiger partial charge is 0.341 e. The SMILES string of the molecule is CCCCC(Oc1ccc(OCC(=O)O)c(C)c1)c1cccc(Br)c1C. The van der Waals surface area contributed by atoms with E-state index in [1.807, 2.05) is 31.2 Å². The Morgan fingerprint density at radius 3 is 2.65 bits per heavy atom. The average molecular weight is 421 g/mol. The molecule has 0 amide bonds. The maximum absolute atomic E-state index is 10.7. The minimum atomic E-state index is -0.991. The highest BCUT2D eigenvalue weighted by Crippen LogP contribution is 2.33. The minimum absolute atomic E-state index is 0.0300. The summed E-state index contributed by atoms with van der Waals surface area (Å²) in [5.74, 6) is 0.323. The van der Waals surface area contributed by atoms with Crippen LogP contribution in [0.4, 0.5) is 0 Å². The Morgan fingerprint density at radius 1 is 1.23 bits per heavy atom. The second kappa shape index (κ2) is 9.62. The number of halogens is 1. The topological polar surface area (TPSA) is 55.8 Å². The van der Waals surface area contributed by atoms with E-state index in [2.05, 4.69) is 35.8 Å². The van der Waals surface area contributed by atoms with Crippen molar-refractivity contribution in [1.29, 1.82) is 0 Å². The zero-order chi connectivity index (χ0) is 19.1. The number of unbranched alkanes of at least 4 members (excludes halogenated alkanes) is 1. The molecule has 1 unspecified atom stereocenters. The molecule has 4 nitrogen and oxygen atoms in total. The number of aliphatic carboxylic acids is 1. The van der Waals surface area contributed by atoms with Crippen LogP contribution < -0.4 is 9.47 Å². The van der Waals surface area contributed by atoms with E-state index in [0.29, 0.717) is 5.75 Å². The first-order valence-corrected chi connectivity index (χ1v) is 9.58. The Kier molecular flexibility index (Phi) is 7.51. The largest absolute Gasteiger partial charge is 0.486 e. The molecule has 0 heterocycles. The number of hydrogen-bond acceptors (Lipinski definition) is 3. The van der Waals surface area contributed by atoms with Crippen LogP contribution in [0.25, 0.3) is 0 Å². The van der Waals surface area contributed by atoms with Crippen molar-refractivity contribution < 1.29 is 19.4 Å². The summed E-state index contributed by atoms with van der Waals surface area (Å²) >= 11 is 3.60. The van der Waals surface area contributed by atoms with E-state index in [0.717, 1.165) is 35.0 Å². The normalized spacial score (nSPS) is 11.8. The highest BCUT2D eigenvalue weighted by molar-refractivity contribution is 9.10. The van der Waals surface area contributed by atoms with Gasteiger partial charge in [-0.1, -0.05) is 41.4 Å². The maximum Gasteiger partial charge on any atom is 0.341 e. The monoisotopic (exact) mass is 420 g/mol. The molecule has 2 aromatic carbocycles. The number of carboxylic acid groups (broad SMARTS) is 1. The lowest BCUT2D eigenvalue weighted by atomic mass is 9.99. The van der Waals surface area contributed by atoms with Gasteiger partial charge in [0.25, 0.3) is 0 Å². The third-order valence-corrected chi connectivity index (χ3v) is 5.11. The molecule has 0 fully saturated rings. The van der Waals surface area contributed by atoms with E-state index in [1.165, 1.54) is 11.1 Å². The van der Waals surface area contributed by atoms with Crippen LogP contribution in [0, 0.1) is 13.8 Å². The molecule has 0 bridgehead atoms. The van der Waals surface area contributed by atoms with E-state index in [4.69, 9.17) is 14.6 Å². The number of benzene rings is 2. The van der Waals surface area contributed by atoms with Crippen molar-refractivity contribution in [3.63, 3.8) is 0 Å². The van der Waals surface area contributed by atoms with Crippen molar-refractivity contribution in [2.45, 2.75) is 46.1 Å². The van der Waals surface area contributed by atoms with Gasteiger partial charge >= 0.3 is 5.97 Å². The predicted molar refractivity (Wildman–Crippen MR) is 106 cm³/mol. The van der Waals surface area contributed by atoms with Gasteiger partial charge in [0.05, 0.1) is 0 Å². The first-order valence-electron chi connectivity index (χ1n) is 8.79. The van der Waals surface area contributed by atoms with Gasteiger partial charge in [-0.15, -0.1) is 0 Å². The molecule has 1 atom stereocenters. The predicted octanol–water partition coefficient (Wildman–Crippen LogP) is 5.84. The van der Waals surface area contributed by atoms with Crippen molar-refractivity contribution >= 4 is 21.9 Å². The van der Waals surface area contributed by atoms with Gasteiger partial charge in [-0.3, -0.25) is 0 Å². The quantitative estimate of drug-likeness (QED) is 0.553. The summed E-state index contributed by atoms with van der Waals surface area (Å²) in [6.45, 7) is 5.80. The summed E-state index contributed by atoms with van der Waals surface area (Å²) in [6, 6.07) is 11.7. The molecule has 2 rings (SSSR count). The zero-order valence-corrected chi connectivity index (χ0v) is 17.0. The molecule has 26 heavy (non-hydrogen) atoms. The molecule has 0 aliphatic heterocycles. The van der Waals surface area contributed by atoms with Crippen molar-refractivity contribution in [3.8, 4) is 11.5 Å². The third kappa shape index (κ3) is 5.49. The Morgan fingerprint density at radius 2 is 2.00 bits per heavy atom. The molecule has 0 aliphatic carbocycles. The Bertz CT molecular complexity index is 758. The van der Waals surface area contributed by atoms with Crippen LogP contribution in [-0.4, -0.2) is 17.7 Å². The van der Waals surface area contributed by atoms with Crippen molar-refractivity contribution in [2.24, 2.45) is 0 Å². The molecule has 140 valence electrons. The third-order valence-electron chi connectivity index (χ3n) is 4.25. The summed E-state index contributed by atoms with van der Waals surface area (Å²) in [5.41, 5.74) is 3.22. The molecule has 2 aromatic rings. The Balaban J connectivity index is 2.21. The molecule has 0 saturated heterocycles. The fourth-order valence-corrected chi connectivity index (χ4v) is 3.18. The van der Waals surface area contributed by atoms with Gasteiger partial charge in [0.15, 0.2) is 6.61 Å². The van der Waals surface area contributed by atoms with Crippen molar-refractivity contribution in [3.05, 3.63) is 57.6 Å². The van der Waals surface area contributed by atoms with Crippen LogP contribution in [0.5, 0.6) is 11.5 Å². The lowest BCUT2D eigenvalue weighted by Gasteiger charge is -2.22. The van der Waals surface area contributed by atoms with Crippen LogP contribution in [0.2, 0.25) is 0 Å². The zero-order valence-electron chi connectivity index (χ0n) is 15.4. The number of rotatable bonds is 9. The van der Waals surface area contributed by atoms with Gasteiger partial charge in [-0.25, -0.2) is 4.79 Å². The van der Waals surface area contributed by atoms with Gasteiger partial charge in [0, 0.05) is 4.47 Å². The lowest BCUT2D eigenvalue weighted by molar-refractivity contribution is -0.139. The first-order chi connectivity index (χ1) is 12.4. The van der Waals surface area contributed by atoms with E-state index in [9.17, 15) is 4.79 Å². The van der Waals surface area contributed by atoms with E-state index < -0.39 is 5.97 Å². The van der Waals surface area contributed by atoms with Gasteiger partial charge in [0.2, 0.25) is 0 Å². The van der Waals surface area contributed by atoms with E-state index in [-0.39, 0.29) is 12.7 Å². The van der Waals surface area contributed by atoms with Gasteiger partial charge in [-0.05, 0) is 67.6 Å². The molecule has 0 spiro atoms.